The number of aldehydes is 1. The summed E-state index contributed by atoms with van der Waals surface area (Å²) in [7, 11) is -1.70. The van der Waals surface area contributed by atoms with Gasteiger partial charge < -0.3 is 27.8 Å². The standard InChI is InChI=1S/C31H43F3NO5P.C2H4O/c1-22-9-11-24(12-10-22)16-18-36-27-14-13-25(19-26(27)31(32,33)34)15-17-30(20-37-23(2)35-30)21-38-41(39-28(3,4)5)40-29(6,7)8;1-2-3/h9-14,19H,15-18,20-21H2,1-8H3;2H,1H3. The molecule has 7 nitrogen and oxygen atoms in total. The number of carbonyl (C=O) groups excluding carboxylic acids is 1. The lowest BCUT2D eigenvalue weighted by Gasteiger charge is -2.32. The van der Waals surface area contributed by atoms with Crippen molar-refractivity contribution < 1.29 is 41.0 Å². The molecule has 0 bridgehead atoms. The Morgan fingerprint density at radius 3 is 2.00 bits per heavy atom. The van der Waals surface area contributed by atoms with Crippen molar-refractivity contribution in [1.82, 2.24) is 0 Å². The van der Waals surface area contributed by atoms with E-state index in [1.54, 1.807) is 13.0 Å². The molecule has 1 aliphatic rings. The lowest BCUT2D eigenvalue weighted by atomic mass is 9.93. The van der Waals surface area contributed by atoms with Crippen molar-refractivity contribution in [2.75, 3.05) is 19.8 Å². The summed E-state index contributed by atoms with van der Waals surface area (Å²) in [4.78, 5) is 13.5. The summed E-state index contributed by atoms with van der Waals surface area (Å²) in [6.07, 6.45) is -2.52. The smallest absolute Gasteiger partial charge is 0.419 e. The van der Waals surface area contributed by atoms with Gasteiger partial charge in [-0.05, 0) is 91.5 Å². The van der Waals surface area contributed by atoms with Crippen molar-refractivity contribution in [2.45, 2.75) is 104 Å². The Labute approximate surface area is 261 Å². The quantitative estimate of drug-likeness (QED) is 0.170. The van der Waals surface area contributed by atoms with E-state index in [4.69, 9.17) is 27.8 Å². The summed E-state index contributed by atoms with van der Waals surface area (Å²) >= 11 is 0. The molecule has 11 heteroatoms. The van der Waals surface area contributed by atoms with Gasteiger partial charge in [0.05, 0.1) is 30.0 Å². The second-order valence-corrected chi connectivity index (χ2v) is 13.8. The SMILES string of the molecule is CC1=NC(CCc2ccc(OCCc3ccc(C)cc3)c(C(F)(F)F)c2)(COP(OC(C)(C)C)OC(C)(C)C)CO1.CC=O. The van der Waals surface area contributed by atoms with E-state index in [2.05, 4.69) is 4.99 Å². The Morgan fingerprint density at radius 1 is 0.932 bits per heavy atom. The van der Waals surface area contributed by atoms with Gasteiger partial charge in [0.25, 0.3) is 0 Å². The third-order valence-corrected chi connectivity index (χ3v) is 7.81. The van der Waals surface area contributed by atoms with E-state index in [0.29, 0.717) is 30.7 Å². The molecular weight excluding hydrogens is 594 g/mol. The minimum Gasteiger partial charge on any atom is -0.493 e. The van der Waals surface area contributed by atoms with Crippen LogP contribution in [0.4, 0.5) is 13.2 Å². The number of aliphatic imine (C=N–C) groups is 1. The maximum absolute atomic E-state index is 14.0. The number of hydrogen-bond donors (Lipinski definition) is 0. The lowest BCUT2D eigenvalue weighted by molar-refractivity contribution is -0.139. The normalized spacial score (nSPS) is 17.1. The van der Waals surface area contributed by atoms with Crippen molar-refractivity contribution in [3.8, 4) is 5.75 Å². The predicted molar refractivity (Wildman–Crippen MR) is 168 cm³/mol. The predicted octanol–water partition coefficient (Wildman–Crippen LogP) is 8.83. The number of carbonyl (C=O) groups is 1. The number of ether oxygens (including phenoxy) is 2. The summed E-state index contributed by atoms with van der Waals surface area (Å²) < 4.78 is 71.5. The Morgan fingerprint density at radius 2 is 1.50 bits per heavy atom. The molecular formula is C33H47F3NO6P. The molecule has 0 aliphatic carbocycles. The molecule has 0 saturated heterocycles. The van der Waals surface area contributed by atoms with Crippen LogP contribution in [0.1, 0.15) is 84.1 Å². The van der Waals surface area contributed by atoms with E-state index in [0.717, 1.165) is 17.4 Å². The van der Waals surface area contributed by atoms with Crippen LogP contribution >= 0.6 is 8.60 Å². The first-order valence-electron chi connectivity index (χ1n) is 14.6. The summed E-state index contributed by atoms with van der Waals surface area (Å²) in [6.45, 7) is 17.3. The number of aryl methyl sites for hydroxylation is 2. The van der Waals surface area contributed by atoms with E-state index in [-0.39, 0.29) is 25.6 Å². The summed E-state index contributed by atoms with van der Waals surface area (Å²) in [5.41, 5.74) is 0.122. The van der Waals surface area contributed by atoms with Gasteiger partial charge in [-0.15, -0.1) is 0 Å². The monoisotopic (exact) mass is 641 g/mol. The molecule has 0 saturated carbocycles. The molecule has 0 amide bonds. The zero-order chi connectivity index (χ0) is 33.2. The first kappa shape index (κ1) is 37.7. The van der Waals surface area contributed by atoms with Crippen LogP contribution < -0.4 is 4.74 Å². The van der Waals surface area contributed by atoms with Gasteiger partial charge in [0, 0.05) is 13.3 Å². The summed E-state index contributed by atoms with van der Waals surface area (Å²) in [5.74, 6) is 0.341. The molecule has 1 aliphatic heterocycles. The molecule has 1 unspecified atom stereocenters. The van der Waals surface area contributed by atoms with Crippen LogP contribution in [-0.2, 0) is 42.1 Å². The summed E-state index contributed by atoms with van der Waals surface area (Å²) in [6, 6.07) is 12.1. The van der Waals surface area contributed by atoms with Crippen LogP contribution in [-0.4, -0.2) is 48.7 Å². The first-order chi connectivity index (χ1) is 20.3. The Kier molecular flexibility index (Phi) is 13.8. The van der Waals surface area contributed by atoms with Gasteiger partial charge in [0.2, 0.25) is 0 Å². The molecule has 0 spiro atoms. The minimum absolute atomic E-state index is 0.146. The maximum Gasteiger partial charge on any atom is 0.419 e. The molecule has 0 aromatic heterocycles. The van der Waals surface area contributed by atoms with Crippen LogP contribution in [0.2, 0.25) is 0 Å². The van der Waals surface area contributed by atoms with E-state index >= 15 is 0 Å². The van der Waals surface area contributed by atoms with Crippen molar-refractivity contribution in [1.29, 1.82) is 0 Å². The number of halogens is 3. The van der Waals surface area contributed by atoms with Gasteiger partial charge in [-0.2, -0.15) is 13.2 Å². The fourth-order valence-electron chi connectivity index (χ4n) is 4.09. The van der Waals surface area contributed by atoms with Gasteiger partial charge in [-0.3, -0.25) is 0 Å². The summed E-state index contributed by atoms with van der Waals surface area (Å²) in [5, 5.41) is 0. The van der Waals surface area contributed by atoms with Gasteiger partial charge >= 0.3 is 14.8 Å². The molecule has 0 fully saturated rings. The highest BCUT2D eigenvalue weighted by molar-refractivity contribution is 7.41. The fourth-order valence-corrected chi connectivity index (χ4v) is 5.48. The van der Waals surface area contributed by atoms with Crippen molar-refractivity contribution in [2.24, 2.45) is 4.99 Å². The van der Waals surface area contributed by atoms with Crippen LogP contribution in [0.3, 0.4) is 0 Å². The average molecular weight is 642 g/mol. The fraction of sp³-hybridized carbons (Fsp3) is 0.576. The highest BCUT2D eigenvalue weighted by Crippen LogP contribution is 2.48. The largest absolute Gasteiger partial charge is 0.493 e. The molecule has 2 aromatic carbocycles. The topological polar surface area (TPSA) is 75.6 Å². The van der Waals surface area contributed by atoms with E-state index in [1.807, 2.05) is 72.7 Å². The van der Waals surface area contributed by atoms with Crippen molar-refractivity contribution in [3.63, 3.8) is 0 Å². The molecule has 3 rings (SSSR count). The Hall–Kier alpha value is -2.52. The second-order valence-electron chi connectivity index (χ2n) is 12.7. The lowest BCUT2D eigenvalue weighted by Crippen LogP contribution is -2.35. The third-order valence-electron chi connectivity index (χ3n) is 6.08. The molecule has 0 radical (unpaired) electrons. The number of nitrogens with zero attached hydrogens (tertiary/aromatic N) is 1. The van der Waals surface area contributed by atoms with Gasteiger partial charge in [-0.25, -0.2) is 4.99 Å². The number of rotatable bonds is 12. The van der Waals surface area contributed by atoms with Gasteiger partial charge in [0.1, 0.15) is 24.2 Å². The highest BCUT2D eigenvalue weighted by atomic mass is 31.2. The van der Waals surface area contributed by atoms with E-state index in [9.17, 15) is 13.2 Å². The van der Waals surface area contributed by atoms with Crippen molar-refractivity contribution in [3.05, 3.63) is 64.7 Å². The first-order valence-corrected chi connectivity index (χ1v) is 15.7. The molecule has 2 aromatic rings. The van der Waals surface area contributed by atoms with E-state index < -0.39 is 37.1 Å². The molecule has 1 heterocycles. The van der Waals surface area contributed by atoms with Crippen LogP contribution in [0.25, 0.3) is 0 Å². The molecule has 246 valence electrons. The molecule has 0 N–H and O–H groups in total. The van der Waals surface area contributed by atoms with Crippen LogP contribution in [0.5, 0.6) is 5.75 Å². The van der Waals surface area contributed by atoms with Gasteiger partial charge in [0.15, 0.2) is 5.90 Å². The second kappa shape index (κ2) is 16.2. The third kappa shape index (κ3) is 13.6. The Balaban J connectivity index is 0.00000216. The highest BCUT2D eigenvalue weighted by Gasteiger charge is 2.39. The number of hydrogen-bond acceptors (Lipinski definition) is 7. The van der Waals surface area contributed by atoms with Crippen molar-refractivity contribution >= 4 is 20.8 Å². The zero-order valence-corrected chi connectivity index (χ0v) is 28.2. The van der Waals surface area contributed by atoms with Gasteiger partial charge in [-0.1, -0.05) is 35.9 Å². The number of alkyl halides is 3. The number of benzene rings is 2. The maximum atomic E-state index is 14.0. The molecule has 1 atom stereocenters. The minimum atomic E-state index is -4.55. The van der Waals surface area contributed by atoms with E-state index in [1.165, 1.54) is 19.1 Å². The average Bonchev–Trinajstić information content (AvgIpc) is 3.27. The van der Waals surface area contributed by atoms with Crippen LogP contribution in [0, 0.1) is 6.92 Å². The Bertz CT molecular complexity index is 1210. The molecule has 44 heavy (non-hydrogen) atoms. The van der Waals surface area contributed by atoms with Crippen LogP contribution in [0.15, 0.2) is 47.5 Å². The zero-order valence-electron chi connectivity index (χ0n) is 27.3.